The molecule has 0 aliphatic heterocycles. The summed E-state index contributed by atoms with van der Waals surface area (Å²) in [4.78, 5) is -2.53. The molecule has 3 fully saturated rings. The fourth-order valence-corrected chi connectivity index (χ4v) is 8.85. The van der Waals surface area contributed by atoms with Crippen LogP contribution in [0.25, 0.3) is 0 Å². The van der Waals surface area contributed by atoms with E-state index in [9.17, 15) is 0 Å². The minimum absolute atomic E-state index is 0.397. The average molecular weight is 446 g/mol. The molecule has 19 heavy (non-hydrogen) atoms. The van der Waals surface area contributed by atoms with Gasteiger partial charge in [0.15, 0.2) is 4.33 Å². The summed E-state index contributed by atoms with van der Waals surface area (Å²) in [6.45, 7) is 0. The first-order chi connectivity index (χ1) is 8.54. The van der Waals surface area contributed by atoms with E-state index in [0.29, 0.717) is 0 Å². The molecule has 0 aromatic carbocycles. The van der Waals surface area contributed by atoms with Crippen LogP contribution in [-0.2, 0) is 0 Å². The Morgan fingerprint density at radius 1 is 0.526 bits per heavy atom. The fourth-order valence-electron chi connectivity index (χ4n) is 3.81. The van der Waals surface area contributed by atoms with Crippen LogP contribution in [0.5, 0.6) is 0 Å². The predicted molar refractivity (Wildman–Crippen MR) is 86.8 cm³/mol. The summed E-state index contributed by atoms with van der Waals surface area (Å²) in [7, 11) is 0. The Hall–Kier alpha value is 2.61. The van der Waals surface area contributed by atoms with Crippen LogP contribution in [0.15, 0.2) is 0 Å². The Bertz CT molecular complexity index is 391. The smallest absolute Gasteiger partial charge is 0.121 e. The van der Waals surface area contributed by atoms with Crippen molar-refractivity contribution < 1.29 is 0 Å². The summed E-state index contributed by atoms with van der Waals surface area (Å²) in [5, 5.41) is -2.98. The highest BCUT2D eigenvalue weighted by molar-refractivity contribution is 6.63. The zero-order chi connectivity index (χ0) is 14.5. The Kier molecular flexibility index (Phi) is 3.97. The van der Waals surface area contributed by atoms with Gasteiger partial charge in [-0.3, -0.25) is 0 Å². The highest BCUT2D eigenvalue weighted by atomic mass is 35.5. The molecular weight excluding hydrogens is 439 g/mol. The Morgan fingerprint density at radius 3 is 1.16 bits per heavy atom. The van der Waals surface area contributed by atoms with Crippen LogP contribution in [0.2, 0.25) is 0 Å². The van der Waals surface area contributed by atoms with Crippen molar-refractivity contribution >= 4 is 104 Å². The molecule has 110 valence electrons. The molecule has 3 aliphatic carbocycles. The Morgan fingerprint density at radius 2 is 0.842 bits per heavy atom. The molecule has 0 radical (unpaired) electrons. The van der Waals surface area contributed by atoms with E-state index in [2.05, 4.69) is 0 Å². The standard InChI is InChI=1S/C10H7Cl9/c11-3-1-2(4(12)5(3)13)9(17)7(15)6(14)8(1,16)10(9,18)19/h1-7H. The van der Waals surface area contributed by atoms with Crippen molar-refractivity contribution in [2.75, 3.05) is 0 Å². The maximum Gasteiger partial charge on any atom is 0.159 e. The van der Waals surface area contributed by atoms with Gasteiger partial charge in [0.25, 0.3) is 0 Å². The average Bonchev–Trinajstić information content (AvgIpc) is 2.69. The molecule has 9 heteroatoms. The van der Waals surface area contributed by atoms with Crippen molar-refractivity contribution in [3.63, 3.8) is 0 Å². The molecule has 3 rings (SSSR count). The molecular formula is C10H7Cl9. The van der Waals surface area contributed by atoms with Crippen molar-refractivity contribution in [3.8, 4) is 0 Å². The minimum atomic E-state index is -1.53. The molecule has 0 amide bonds. The quantitative estimate of drug-likeness (QED) is 0.436. The van der Waals surface area contributed by atoms with E-state index < -0.39 is 52.8 Å². The van der Waals surface area contributed by atoms with Gasteiger partial charge in [-0.25, -0.2) is 0 Å². The van der Waals surface area contributed by atoms with Gasteiger partial charge >= 0.3 is 0 Å². The first kappa shape index (κ1) is 16.5. The lowest BCUT2D eigenvalue weighted by Crippen LogP contribution is -2.51. The van der Waals surface area contributed by atoms with Crippen LogP contribution in [-0.4, -0.2) is 41.0 Å². The van der Waals surface area contributed by atoms with Crippen molar-refractivity contribution in [2.45, 2.75) is 41.0 Å². The second-order valence-corrected chi connectivity index (χ2v) is 10.3. The molecule has 2 bridgehead atoms. The lowest BCUT2D eigenvalue weighted by Gasteiger charge is -2.40. The van der Waals surface area contributed by atoms with Crippen LogP contribution >= 0.6 is 104 Å². The van der Waals surface area contributed by atoms with Crippen LogP contribution in [0, 0.1) is 11.8 Å². The van der Waals surface area contributed by atoms with Crippen LogP contribution in [0.3, 0.4) is 0 Å². The molecule has 3 aliphatic rings. The molecule has 0 saturated heterocycles. The van der Waals surface area contributed by atoms with Gasteiger partial charge in [0.05, 0.1) is 26.9 Å². The third kappa shape index (κ3) is 1.52. The molecule has 8 atom stereocenters. The summed E-state index contributed by atoms with van der Waals surface area (Å²) >= 11 is 57.9. The lowest BCUT2D eigenvalue weighted by atomic mass is 9.80. The second kappa shape index (κ2) is 4.58. The van der Waals surface area contributed by atoms with Gasteiger partial charge < -0.3 is 0 Å². The molecule has 3 saturated carbocycles. The van der Waals surface area contributed by atoms with Crippen LogP contribution < -0.4 is 0 Å². The first-order valence-corrected chi connectivity index (χ1v) is 9.20. The maximum absolute atomic E-state index is 6.68. The third-order valence-electron chi connectivity index (χ3n) is 4.67. The molecule has 0 nitrogen and oxygen atoms in total. The van der Waals surface area contributed by atoms with Crippen LogP contribution in [0.4, 0.5) is 0 Å². The number of alkyl halides is 9. The van der Waals surface area contributed by atoms with Gasteiger partial charge in [0, 0.05) is 11.8 Å². The first-order valence-electron chi connectivity index (χ1n) is 5.50. The third-order valence-corrected chi connectivity index (χ3v) is 11.3. The minimum Gasteiger partial charge on any atom is -0.121 e. The highest BCUT2D eigenvalue weighted by Gasteiger charge is 2.89. The largest absolute Gasteiger partial charge is 0.159 e. The molecule has 0 aromatic heterocycles. The SMILES string of the molecule is ClC1C(Cl)C2C(C1Cl)C1(Cl)C(Cl)C(Cl)C2(Cl)C1(Cl)Cl. The molecule has 0 aromatic rings. The Balaban J connectivity index is 2.24. The van der Waals surface area contributed by atoms with E-state index in [-0.39, 0.29) is 0 Å². The zero-order valence-corrected chi connectivity index (χ0v) is 15.7. The van der Waals surface area contributed by atoms with E-state index in [0.717, 1.165) is 0 Å². The normalized spacial score (nSPS) is 66.5. The summed E-state index contributed by atoms with van der Waals surface area (Å²) in [6.07, 6.45) is 0. The van der Waals surface area contributed by atoms with E-state index >= 15 is 0 Å². The Labute approximate surface area is 156 Å². The van der Waals surface area contributed by atoms with E-state index in [1.54, 1.807) is 0 Å². The van der Waals surface area contributed by atoms with Gasteiger partial charge in [-0.2, -0.15) is 0 Å². The molecule has 0 spiro atoms. The van der Waals surface area contributed by atoms with Crippen LogP contribution in [0.1, 0.15) is 0 Å². The van der Waals surface area contributed by atoms with Gasteiger partial charge in [0.2, 0.25) is 0 Å². The highest BCUT2D eigenvalue weighted by Crippen LogP contribution is 2.79. The number of hydrogen-bond donors (Lipinski definition) is 0. The predicted octanol–water partition coefficient (Wildman–Crippen LogP) is 5.43. The van der Waals surface area contributed by atoms with Gasteiger partial charge in [-0.05, 0) is 0 Å². The molecule has 0 heterocycles. The van der Waals surface area contributed by atoms with Gasteiger partial charge in [0.1, 0.15) is 9.75 Å². The van der Waals surface area contributed by atoms with E-state index in [4.69, 9.17) is 104 Å². The summed E-state index contributed by atoms with van der Waals surface area (Å²) in [5.41, 5.74) is 0. The zero-order valence-electron chi connectivity index (χ0n) is 8.94. The molecule has 8 unspecified atom stereocenters. The topological polar surface area (TPSA) is 0 Å². The number of rotatable bonds is 0. The lowest BCUT2D eigenvalue weighted by molar-refractivity contribution is 0.301. The second-order valence-electron chi connectivity index (χ2n) is 5.30. The monoisotopic (exact) mass is 442 g/mol. The van der Waals surface area contributed by atoms with E-state index in [1.807, 2.05) is 0 Å². The molecule has 0 N–H and O–H groups in total. The van der Waals surface area contributed by atoms with Gasteiger partial charge in [-0.15, -0.1) is 81.2 Å². The van der Waals surface area contributed by atoms with Crippen molar-refractivity contribution in [2.24, 2.45) is 11.8 Å². The number of hydrogen-bond acceptors (Lipinski definition) is 0. The number of halogens is 9. The van der Waals surface area contributed by atoms with Crippen molar-refractivity contribution in [1.82, 2.24) is 0 Å². The number of fused-ring (bicyclic) bond motifs is 5. The van der Waals surface area contributed by atoms with Crippen molar-refractivity contribution in [3.05, 3.63) is 0 Å². The maximum atomic E-state index is 6.68. The van der Waals surface area contributed by atoms with Crippen molar-refractivity contribution in [1.29, 1.82) is 0 Å². The summed E-state index contributed by atoms with van der Waals surface area (Å²) < 4.78 is -1.53. The summed E-state index contributed by atoms with van der Waals surface area (Å²) in [6, 6.07) is 0. The van der Waals surface area contributed by atoms with E-state index in [1.165, 1.54) is 0 Å². The fraction of sp³-hybridized carbons (Fsp3) is 1.00. The summed E-state index contributed by atoms with van der Waals surface area (Å²) in [5.74, 6) is -0.795. The van der Waals surface area contributed by atoms with Gasteiger partial charge in [-0.1, -0.05) is 23.2 Å².